The van der Waals surface area contributed by atoms with Gasteiger partial charge in [0, 0.05) is 19.4 Å². The van der Waals surface area contributed by atoms with E-state index in [0.717, 1.165) is 83.5 Å². The Morgan fingerprint density at radius 1 is 0.491 bits per heavy atom. The molecule has 0 aliphatic carbocycles. The quantitative estimate of drug-likeness (QED) is 0.0285. The van der Waals surface area contributed by atoms with E-state index in [1.807, 2.05) is 0 Å². The first kappa shape index (κ1) is 52.7. The van der Waals surface area contributed by atoms with Crippen LogP contribution in [0.25, 0.3) is 0 Å². The van der Waals surface area contributed by atoms with E-state index in [1.54, 1.807) is 0 Å². The molecule has 4 N–H and O–H groups in total. The fraction of sp³-hybridized carbons (Fsp3) is 0.531. The highest BCUT2D eigenvalue weighted by Crippen LogP contribution is 2.08. The maximum absolute atomic E-state index is 12.8. The summed E-state index contributed by atoms with van der Waals surface area (Å²) in [6.45, 7) is 3.73. The van der Waals surface area contributed by atoms with Gasteiger partial charge in [0.25, 0.3) is 0 Å². The topological polar surface area (TPSA) is 125 Å². The molecule has 0 aromatic heterocycles. The first-order valence-electron chi connectivity index (χ1n) is 21.5. The number of unbranched alkanes of at least 4 members (excludes halogenated alkanes) is 3. The van der Waals surface area contributed by atoms with Crippen LogP contribution >= 0.6 is 0 Å². The van der Waals surface area contributed by atoms with Crippen molar-refractivity contribution in [2.45, 2.75) is 148 Å². The van der Waals surface area contributed by atoms with Crippen LogP contribution in [0.3, 0.4) is 0 Å². The number of rotatable bonds is 36. The maximum Gasteiger partial charge on any atom is 0.329 e. The summed E-state index contributed by atoms with van der Waals surface area (Å²) in [5.74, 6) is -0.948. The molecule has 318 valence electrons. The Bertz CT molecular complexity index is 1300. The lowest BCUT2D eigenvalue weighted by molar-refractivity contribution is -0.157. The second-order valence-corrected chi connectivity index (χ2v) is 13.6. The van der Waals surface area contributed by atoms with Gasteiger partial charge in [-0.3, -0.25) is 9.59 Å². The van der Waals surface area contributed by atoms with E-state index >= 15 is 0 Å². The molecule has 0 unspecified atom stereocenters. The molecule has 2 amide bonds. The summed E-state index contributed by atoms with van der Waals surface area (Å²) in [6, 6.07) is -0.897. The van der Waals surface area contributed by atoms with Crippen LogP contribution in [0.5, 0.6) is 0 Å². The number of carbonyl (C=O) groups excluding carboxylic acids is 3. The number of aliphatic hydroxyl groups excluding tert-OH is 2. The first-order valence-corrected chi connectivity index (χ1v) is 21.5. The zero-order valence-corrected chi connectivity index (χ0v) is 35.3. The third-order valence-electron chi connectivity index (χ3n) is 8.42. The molecule has 0 aromatic rings. The molecule has 0 heterocycles. The minimum Gasteiger partial charge on any atom is -0.456 e. The lowest BCUT2D eigenvalue weighted by Crippen LogP contribution is -2.44. The second-order valence-electron chi connectivity index (χ2n) is 13.6. The van der Waals surface area contributed by atoms with Crippen molar-refractivity contribution in [1.29, 1.82) is 0 Å². The number of esters is 1. The van der Waals surface area contributed by atoms with E-state index in [2.05, 4.69) is 146 Å². The van der Waals surface area contributed by atoms with Gasteiger partial charge < -0.3 is 25.6 Å². The predicted molar refractivity (Wildman–Crippen MR) is 239 cm³/mol. The highest BCUT2D eigenvalue weighted by molar-refractivity contribution is 5.84. The molecule has 0 saturated heterocycles. The summed E-state index contributed by atoms with van der Waals surface area (Å²) >= 11 is 0. The van der Waals surface area contributed by atoms with Crippen LogP contribution in [0.2, 0.25) is 0 Å². The largest absolute Gasteiger partial charge is 0.456 e. The van der Waals surface area contributed by atoms with Gasteiger partial charge >= 0.3 is 5.97 Å². The van der Waals surface area contributed by atoms with Crippen molar-refractivity contribution < 1.29 is 29.3 Å². The summed E-state index contributed by atoms with van der Waals surface area (Å²) in [5, 5.41) is 24.4. The monoisotopic (exact) mass is 789 g/mol. The standard InChI is InChI=1S/C49H76N2O6/c1-3-5-7-9-11-13-15-17-19-21-23-25-27-29-31-33-35-40-47(54)50-42-38-37-39-46(49(56)57-45(43-52)44-53)51-48(55)41-36-34-32-30-28-26-24-22-20-18-16-14-12-10-8-6-4-2/h5-8,11-14,17-20,23-26,29-32,45-46,52-53H,3-4,9-10,15-16,21-22,27-28,33-44H2,1-2H3,(H,50,54)(H,51,55)/b7-5-,8-6-,13-11-,14-12-,19-17-,20-18-,25-23-,26-24-,31-29-,32-30-/t46-/m0/s1. The van der Waals surface area contributed by atoms with Crippen molar-refractivity contribution in [3.05, 3.63) is 122 Å². The number of ether oxygens (including phenoxy) is 1. The zero-order valence-electron chi connectivity index (χ0n) is 35.3. The van der Waals surface area contributed by atoms with Gasteiger partial charge in [-0.15, -0.1) is 0 Å². The molecule has 8 heteroatoms. The van der Waals surface area contributed by atoms with Crippen LogP contribution in [0.4, 0.5) is 0 Å². The Morgan fingerprint density at radius 2 is 0.860 bits per heavy atom. The summed E-state index contributed by atoms with van der Waals surface area (Å²) < 4.78 is 5.20. The molecule has 8 nitrogen and oxygen atoms in total. The Kier molecular flexibility index (Phi) is 39.7. The van der Waals surface area contributed by atoms with Crippen LogP contribution < -0.4 is 10.6 Å². The summed E-state index contributed by atoms with van der Waals surface area (Å²) in [7, 11) is 0. The first-order chi connectivity index (χ1) is 28.0. The van der Waals surface area contributed by atoms with E-state index in [1.165, 1.54) is 0 Å². The Morgan fingerprint density at radius 3 is 1.25 bits per heavy atom. The van der Waals surface area contributed by atoms with Crippen molar-refractivity contribution >= 4 is 17.8 Å². The molecule has 0 rings (SSSR count). The van der Waals surface area contributed by atoms with Gasteiger partial charge in [-0.25, -0.2) is 4.79 Å². The average molecular weight is 789 g/mol. The zero-order chi connectivity index (χ0) is 41.7. The van der Waals surface area contributed by atoms with Crippen LogP contribution in [0, 0.1) is 0 Å². The maximum atomic E-state index is 12.8. The number of nitrogens with one attached hydrogen (secondary N) is 2. The minimum atomic E-state index is -1.04. The molecule has 57 heavy (non-hydrogen) atoms. The molecule has 0 fully saturated rings. The van der Waals surface area contributed by atoms with Crippen molar-refractivity contribution in [1.82, 2.24) is 10.6 Å². The van der Waals surface area contributed by atoms with Crippen LogP contribution in [-0.4, -0.2) is 59.9 Å². The number of hydrogen-bond donors (Lipinski definition) is 4. The summed E-state index contributed by atoms with van der Waals surface area (Å²) in [6.07, 6.45) is 56.9. The average Bonchev–Trinajstić information content (AvgIpc) is 3.21. The third kappa shape index (κ3) is 38.4. The van der Waals surface area contributed by atoms with Crippen molar-refractivity contribution in [2.75, 3.05) is 19.8 Å². The lowest BCUT2D eigenvalue weighted by Gasteiger charge is -2.20. The molecule has 0 aliphatic heterocycles. The third-order valence-corrected chi connectivity index (χ3v) is 8.42. The number of amides is 2. The normalized spacial score (nSPS) is 13.4. The van der Waals surface area contributed by atoms with Crippen LogP contribution in [-0.2, 0) is 19.1 Å². The van der Waals surface area contributed by atoms with E-state index in [4.69, 9.17) is 4.74 Å². The molecule has 0 aliphatic rings. The Labute approximate surface area is 346 Å². The summed E-state index contributed by atoms with van der Waals surface area (Å²) in [4.78, 5) is 37.7. The predicted octanol–water partition coefficient (Wildman–Crippen LogP) is 10.5. The molecule has 0 aromatic carbocycles. The van der Waals surface area contributed by atoms with Gasteiger partial charge in [-0.2, -0.15) is 0 Å². The van der Waals surface area contributed by atoms with E-state index in [-0.39, 0.29) is 18.2 Å². The fourth-order valence-corrected chi connectivity index (χ4v) is 5.18. The number of hydrogen-bond acceptors (Lipinski definition) is 6. The van der Waals surface area contributed by atoms with Gasteiger partial charge in [0.1, 0.15) is 12.1 Å². The molecule has 1 atom stereocenters. The number of aliphatic hydroxyl groups is 2. The molecular formula is C49H76N2O6. The molecule has 0 radical (unpaired) electrons. The van der Waals surface area contributed by atoms with Gasteiger partial charge in [0.2, 0.25) is 11.8 Å². The van der Waals surface area contributed by atoms with Crippen LogP contribution in [0.15, 0.2) is 122 Å². The van der Waals surface area contributed by atoms with Gasteiger partial charge in [-0.05, 0) is 109 Å². The smallest absolute Gasteiger partial charge is 0.329 e. The van der Waals surface area contributed by atoms with Gasteiger partial charge in [0.15, 0.2) is 0 Å². The SMILES string of the molecule is CC/C=C\C/C=C\C/C=C\C/C=C\C/C=C\CCCC(=O)NCCCC[C@H](NC(=O)CCC/C=C\C/C=C\C/C=C\C/C=C\C/C=C\CC)C(=O)OC(CO)CO. The molecule has 0 saturated carbocycles. The summed E-state index contributed by atoms with van der Waals surface area (Å²) in [5.41, 5.74) is 0. The number of allylic oxidation sites excluding steroid dienone is 20. The van der Waals surface area contributed by atoms with E-state index in [0.29, 0.717) is 38.6 Å². The highest BCUT2D eigenvalue weighted by Gasteiger charge is 2.24. The van der Waals surface area contributed by atoms with E-state index in [9.17, 15) is 24.6 Å². The molecule has 0 spiro atoms. The van der Waals surface area contributed by atoms with Crippen molar-refractivity contribution in [2.24, 2.45) is 0 Å². The van der Waals surface area contributed by atoms with Crippen molar-refractivity contribution in [3.63, 3.8) is 0 Å². The number of carbonyl (C=O) groups is 3. The minimum absolute atomic E-state index is 0.00661. The molecular weight excluding hydrogens is 713 g/mol. The van der Waals surface area contributed by atoms with Crippen LogP contribution in [0.1, 0.15) is 136 Å². The fourth-order valence-electron chi connectivity index (χ4n) is 5.18. The second kappa shape index (κ2) is 42.9. The highest BCUT2D eigenvalue weighted by atomic mass is 16.6. The molecule has 0 bridgehead atoms. The Hall–Kier alpha value is -4.27. The Balaban J connectivity index is 4.29. The van der Waals surface area contributed by atoms with Crippen molar-refractivity contribution in [3.8, 4) is 0 Å². The van der Waals surface area contributed by atoms with Gasteiger partial charge in [0.05, 0.1) is 13.2 Å². The van der Waals surface area contributed by atoms with Gasteiger partial charge in [-0.1, -0.05) is 135 Å². The van der Waals surface area contributed by atoms with E-state index < -0.39 is 31.3 Å². The lowest BCUT2D eigenvalue weighted by atomic mass is 10.1.